The van der Waals surface area contributed by atoms with Gasteiger partial charge in [0, 0.05) is 0 Å². The highest BCUT2D eigenvalue weighted by Gasteiger charge is 2.38. The molecule has 0 fully saturated rings. The first-order valence-corrected chi connectivity index (χ1v) is 4.93. The van der Waals surface area contributed by atoms with Gasteiger partial charge in [-0.25, -0.2) is 4.79 Å². The first kappa shape index (κ1) is 14.3. The molecule has 4 nitrogen and oxygen atoms in total. The third kappa shape index (κ3) is 3.63. The van der Waals surface area contributed by atoms with E-state index in [1.54, 1.807) is 6.92 Å². The second-order valence-electron chi connectivity index (χ2n) is 3.65. The molecule has 0 aliphatic heterocycles. The standard InChI is InChI=1S/C11H11F3O4/c1-6-2-3-7(10(16)17)4-8(6)18-5-9(15)11(12,13)14/h2-4,9,15H,5H2,1H3,(H,16,17). The van der Waals surface area contributed by atoms with Crippen molar-refractivity contribution in [2.45, 2.75) is 19.2 Å². The van der Waals surface area contributed by atoms with Gasteiger partial charge in [-0.3, -0.25) is 0 Å². The molecule has 7 heteroatoms. The van der Waals surface area contributed by atoms with Gasteiger partial charge in [0.05, 0.1) is 5.56 Å². The van der Waals surface area contributed by atoms with Crippen LogP contribution in [-0.2, 0) is 0 Å². The fourth-order valence-electron chi connectivity index (χ4n) is 1.15. The zero-order valence-electron chi connectivity index (χ0n) is 9.36. The summed E-state index contributed by atoms with van der Waals surface area (Å²) >= 11 is 0. The van der Waals surface area contributed by atoms with Gasteiger partial charge in [-0.15, -0.1) is 0 Å². The maximum Gasteiger partial charge on any atom is 0.417 e. The predicted molar refractivity (Wildman–Crippen MR) is 55.7 cm³/mol. The number of carboxylic acid groups (broad SMARTS) is 1. The predicted octanol–water partition coefficient (Wildman–Crippen LogP) is 2.00. The van der Waals surface area contributed by atoms with Crippen LogP contribution < -0.4 is 4.74 Å². The van der Waals surface area contributed by atoms with Crippen molar-refractivity contribution in [1.29, 1.82) is 0 Å². The maximum atomic E-state index is 12.0. The van der Waals surface area contributed by atoms with Crippen molar-refractivity contribution < 1.29 is 32.9 Å². The molecular formula is C11H11F3O4. The molecule has 100 valence electrons. The molecule has 0 spiro atoms. The van der Waals surface area contributed by atoms with Crippen LogP contribution in [0.5, 0.6) is 5.75 Å². The van der Waals surface area contributed by atoms with Gasteiger partial charge < -0.3 is 14.9 Å². The summed E-state index contributed by atoms with van der Waals surface area (Å²) in [6.07, 6.45) is -7.37. The van der Waals surface area contributed by atoms with Crippen molar-refractivity contribution in [3.63, 3.8) is 0 Å². The number of hydrogen-bond acceptors (Lipinski definition) is 3. The fraction of sp³-hybridized carbons (Fsp3) is 0.364. The summed E-state index contributed by atoms with van der Waals surface area (Å²) in [6.45, 7) is 0.578. The molecule has 0 amide bonds. The Labute approximate surface area is 101 Å². The number of halogens is 3. The Kier molecular flexibility index (Phi) is 4.18. The van der Waals surface area contributed by atoms with E-state index in [0.717, 1.165) is 6.07 Å². The van der Waals surface area contributed by atoms with E-state index in [1.807, 2.05) is 0 Å². The molecule has 1 rings (SSSR count). The molecule has 18 heavy (non-hydrogen) atoms. The van der Waals surface area contributed by atoms with E-state index in [4.69, 9.17) is 14.9 Å². The topological polar surface area (TPSA) is 66.8 Å². The lowest BCUT2D eigenvalue weighted by Gasteiger charge is -2.16. The average molecular weight is 264 g/mol. The van der Waals surface area contributed by atoms with Crippen molar-refractivity contribution in [3.8, 4) is 5.75 Å². The van der Waals surface area contributed by atoms with Crippen molar-refractivity contribution in [3.05, 3.63) is 29.3 Å². The molecule has 0 saturated carbocycles. The molecule has 1 aromatic carbocycles. The average Bonchev–Trinajstić information content (AvgIpc) is 2.25. The molecule has 1 aromatic rings. The highest BCUT2D eigenvalue weighted by molar-refractivity contribution is 5.88. The number of ether oxygens (including phenoxy) is 1. The van der Waals surface area contributed by atoms with E-state index >= 15 is 0 Å². The Morgan fingerprint density at radius 3 is 2.56 bits per heavy atom. The Morgan fingerprint density at radius 2 is 2.06 bits per heavy atom. The number of alkyl halides is 3. The molecule has 0 aliphatic rings. The molecule has 2 N–H and O–H groups in total. The third-order valence-electron chi connectivity index (χ3n) is 2.21. The lowest BCUT2D eigenvalue weighted by molar-refractivity contribution is -0.210. The molecule has 0 bridgehead atoms. The van der Waals surface area contributed by atoms with Gasteiger partial charge in [-0.2, -0.15) is 13.2 Å². The van der Waals surface area contributed by atoms with Crippen LogP contribution in [0, 0.1) is 6.92 Å². The molecule has 0 saturated heterocycles. The molecule has 0 aliphatic carbocycles. The van der Waals surface area contributed by atoms with E-state index in [1.165, 1.54) is 12.1 Å². The minimum atomic E-state index is -4.77. The van der Waals surface area contributed by atoms with E-state index < -0.39 is 24.9 Å². The van der Waals surface area contributed by atoms with E-state index in [0.29, 0.717) is 5.56 Å². The molecular weight excluding hydrogens is 253 g/mol. The quantitative estimate of drug-likeness (QED) is 0.872. The highest BCUT2D eigenvalue weighted by atomic mass is 19.4. The van der Waals surface area contributed by atoms with Crippen LogP contribution in [0.1, 0.15) is 15.9 Å². The summed E-state index contributed by atoms with van der Waals surface area (Å²) in [6, 6.07) is 3.84. The van der Waals surface area contributed by atoms with Crippen LogP contribution in [0.25, 0.3) is 0 Å². The Balaban J connectivity index is 2.78. The Morgan fingerprint density at radius 1 is 1.44 bits per heavy atom. The number of carbonyl (C=O) groups is 1. The monoisotopic (exact) mass is 264 g/mol. The summed E-state index contributed by atoms with van der Waals surface area (Å²) in [5.74, 6) is -1.21. The van der Waals surface area contributed by atoms with Crippen molar-refractivity contribution >= 4 is 5.97 Å². The normalized spacial score (nSPS) is 13.2. The third-order valence-corrected chi connectivity index (χ3v) is 2.21. The van der Waals surface area contributed by atoms with Gasteiger partial charge >= 0.3 is 12.1 Å². The zero-order chi connectivity index (χ0) is 13.9. The van der Waals surface area contributed by atoms with Gasteiger partial charge in [0.2, 0.25) is 0 Å². The minimum absolute atomic E-state index is 0.00167. The minimum Gasteiger partial charge on any atom is -0.490 e. The second-order valence-corrected chi connectivity index (χ2v) is 3.65. The van der Waals surface area contributed by atoms with E-state index in [2.05, 4.69) is 0 Å². The largest absolute Gasteiger partial charge is 0.490 e. The zero-order valence-corrected chi connectivity index (χ0v) is 9.36. The van der Waals surface area contributed by atoms with Gasteiger partial charge in [0.25, 0.3) is 0 Å². The number of benzene rings is 1. The van der Waals surface area contributed by atoms with Crippen LogP contribution in [0.3, 0.4) is 0 Å². The van der Waals surface area contributed by atoms with Crippen LogP contribution in [0.2, 0.25) is 0 Å². The van der Waals surface area contributed by atoms with Gasteiger partial charge in [-0.1, -0.05) is 6.07 Å². The van der Waals surface area contributed by atoms with Crippen LogP contribution in [0.15, 0.2) is 18.2 Å². The molecule has 1 atom stereocenters. The molecule has 1 unspecified atom stereocenters. The Bertz CT molecular complexity index is 442. The van der Waals surface area contributed by atoms with Gasteiger partial charge in [-0.05, 0) is 24.6 Å². The number of aliphatic hydroxyl groups is 1. The number of aliphatic hydroxyl groups excluding tert-OH is 1. The fourth-order valence-corrected chi connectivity index (χ4v) is 1.15. The number of aryl methyl sites for hydroxylation is 1. The summed E-state index contributed by atoms with van der Waals surface area (Å²) in [7, 11) is 0. The lowest BCUT2D eigenvalue weighted by atomic mass is 10.1. The van der Waals surface area contributed by atoms with Gasteiger partial charge in [0.1, 0.15) is 12.4 Å². The summed E-state index contributed by atoms with van der Waals surface area (Å²) in [5.41, 5.74) is 0.381. The molecule has 0 heterocycles. The van der Waals surface area contributed by atoms with Crippen LogP contribution in [-0.4, -0.2) is 35.1 Å². The van der Waals surface area contributed by atoms with E-state index in [-0.39, 0.29) is 11.3 Å². The number of rotatable bonds is 4. The van der Waals surface area contributed by atoms with Crippen LogP contribution in [0.4, 0.5) is 13.2 Å². The number of hydrogen-bond donors (Lipinski definition) is 2. The summed E-state index contributed by atoms with van der Waals surface area (Å²) < 4.78 is 40.9. The molecule has 0 radical (unpaired) electrons. The van der Waals surface area contributed by atoms with Crippen molar-refractivity contribution in [1.82, 2.24) is 0 Å². The SMILES string of the molecule is Cc1ccc(C(=O)O)cc1OCC(O)C(F)(F)F. The first-order valence-electron chi connectivity index (χ1n) is 4.93. The van der Waals surface area contributed by atoms with Crippen molar-refractivity contribution in [2.75, 3.05) is 6.61 Å². The maximum absolute atomic E-state index is 12.0. The Hall–Kier alpha value is -1.76. The number of carboxylic acids is 1. The summed E-state index contributed by atoms with van der Waals surface area (Å²) in [5, 5.41) is 17.5. The highest BCUT2D eigenvalue weighted by Crippen LogP contribution is 2.23. The second kappa shape index (κ2) is 5.26. The summed E-state index contributed by atoms with van der Waals surface area (Å²) in [4.78, 5) is 10.7. The molecule has 0 aromatic heterocycles. The smallest absolute Gasteiger partial charge is 0.417 e. The first-order chi connectivity index (χ1) is 8.21. The van der Waals surface area contributed by atoms with Crippen LogP contribution >= 0.6 is 0 Å². The van der Waals surface area contributed by atoms with E-state index in [9.17, 15) is 18.0 Å². The number of aromatic carboxylic acids is 1. The van der Waals surface area contributed by atoms with Crippen molar-refractivity contribution in [2.24, 2.45) is 0 Å². The lowest BCUT2D eigenvalue weighted by Crippen LogP contribution is -2.34. The van der Waals surface area contributed by atoms with Gasteiger partial charge in [0.15, 0.2) is 6.10 Å².